The standard InChI is InChI=1S/C29H25N3O5/c1-16-10-12-18(13-11-16)32-26(34)23-24(27(32)35)29(28(36)37,31-25(23)20-7-3-5-9-22(20)33)14-17-15-30-21-8-4-2-6-19(17)21/h2-13,15,23-25,30-31,33H,14H2,1H3,(H,36,37)/t23-,24-,25+,29+/m0/s1. The second kappa shape index (κ2) is 8.31. The average molecular weight is 496 g/mol. The van der Waals surface area contributed by atoms with Crippen LogP contribution in [0.25, 0.3) is 10.9 Å². The first kappa shape index (κ1) is 23.0. The molecule has 3 aromatic carbocycles. The zero-order valence-electron chi connectivity index (χ0n) is 20.0. The number of aromatic amines is 1. The van der Waals surface area contributed by atoms with Gasteiger partial charge in [-0.25, -0.2) is 4.90 Å². The molecule has 2 aliphatic heterocycles. The van der Waals surface area contributed by atoms with E-state index in [0.29, 0.717) is 11.3 Å². The number of nitrogens with zero attached hydrogens (tertiary/aromatic N) is 1. The number of phenols is 1. The Morgan fingerprint density at radius 2 is 1.68 bits per heavy atom. The van der Waals surface area contributed by atoms with Gasteiger partial charge < -0.3 is 15.2 Å². The Bertz CT molecular complexity index is 1560. The zero-order chi connectivity index (χ0) is 25.9. The number of nitrogens with one attached hydrogen (secondary N) is 2. The molecular formula is C29H25N3O5. The van der Waals surface area contributed by atoms with Crippen LogP contribution in [0.1, 0.15) is 22.7 Å². The minimum atomic E-state index is -1.78. The number of anilines is 1. The van der Waals surface area contributed by atoms with Gasteiger partial charge in [0.1, 0.15) is 11.3 Å². The quantitative estimate of drug-likeness (QED) is 0.313. The number of fused-ring (bicyclic) bond motifs is 2. The number of imide groups is 1. The molecule has 0 unspecified atom stereocenters. The number of carbonyl (C=O) groups excluding carboxylic acids is 2. The summed E-state index contributed by atoms with van der Waals surface area (Å²) in [7, 11) is 0. The number of hydrogen-bond donors (Lipinski definition) is 4. The van der Waals surface area contributed by atoms with Gasteiger partial charge in [-0.05, 0) is 36.8 Å². The van der Waals surface area contributed by atoms with Gasteiger partial charge in [0, 0.05) is 35.1 Å². The Morgan fingerprint density at radius 3 is 2.41 bits per heavy atom. The van der Waals surface area contributed by atoms with Crippen molar-refractivity contribution in [2.24, 2.45) is 11.8 Å². The number of rotatable bonds is 5. The fraction of sp³-hybridized carbons (Fsp3) is 0.207. The second-order valence-electron chi connectivity index (χ2n) is 9.84. The molecule has 0 spiro atoms. The fourth-order valence-corrected chi connectivity index (χ4v) is 5.98. The van der Waals surface area contributed by atoms with E-state index in [2.05, 4.69) is 10.3 Å². The number of benzene rings is 3. The predicted octanol–water partition coefficient (Wildman–Crippen LogP) is 3.70. The first-order valence-corrected chi connectivity index (χ1v) is 12.1. The number of carboxylic acids is 1. The molecule has 2 aliphatic rings. The number of carbonyl (C=O) groups is 3. The van der Waals surface area contributed by atoms with Gasteiger partial charge in [-0.1, -0.05) is 54.1 Å². The molecule has 1 aromatic heterocycles. The van der Waals surface area contributed by atoms with Crippen molar-refractivity contribution >= 4 is 34.4 Å². The molecule has 8 heteroatoms. The third kappa shape index (κ3) is 3.37. The highest BCUT2D eigenvalue weighted by atomic mass is 16.4. The van der Waals surface area contributed by atoms with Crippen LogP contribution in [-0.4, -0.2) is 38.5 Å². The SMILES string of the molecule is Cc1ccc(N2C(=O)[C@@H]3[C@@H](c4ccccc4O)N[C@@](Cc4c[nH]c5ccccc45)(C(=O)O)[C@@H]3C2=O)cc1. The maximum Gasteiger partial charge on any atom is 0.325 e. The van der Waals surface area contributed by atoms with Crippen molar-refractivity contribution in [1.29, 1.82) is 0 Å². The minimum absolute atomic E-state index is 0.0294. The van der Waals surface area contributed by atoms with Crippen molar-refractivity contribution in [3.05, 3.63) is 95.7 Å². The Kier molecular flexibility index (Phi) is 5.17. The van der Waals surface area contributed by atoms with Gasteiger partial charge in [0.05, 0.1) is 17.5 Å². The lowest BCUT2D eigenvalue weighted by molar-refractivity contribution is -0.148. The molecule has 3 heterocycles. The van der Waals surface area contributed by atoms with E-state index in [4.69, 9.17) is 0 Å². The van der Waals surface area contributed by atoms with E-state index in [1.165, 1.54) is 6.07 Å². The molecule has 4 N–H and O–H groups in total. The molecule has 2 saturated heterocycles. The smallest absolute Gasteiger partial charge is 0.325 e. The first-order valence-electron chi connectivity index (χ1n) is 12.1. The van der Waals surface area contributed by atoms with Gasteiger partial charge in [-0.2, -0.15) is 0 Å². The summed E-state index contributed by atoms with van der Waals surface area (Å²) in [6.45, 7) is 1.90. The number of hydrogen-bond acceptors (Lipinski definition) is 5. The summed E-state index contributed by atoms with van der Waals surface area (Å²) >= 11 is 0. The van der Waals surface area contributed by atoms with E-state index in [1.54, 1.807) is 48.7 Å². The minimum Gasteiger partial charge on any atom is -0.508 e. The van der Waals surface area contributed by atoms with Crippen LogP contribution in [0, 0.1) is 18.8 Å². The number of aliphatic carboxylic acids is 1. The Balaban J connectivity index is 1.52. The molecule has 4 atom stereocenters. The van der Waals surface area contributed by atoms with E-state index in [-0.39, 0.29) is 12.2 Å². The van der Waals surface area contributed by atoms with Crippen LogP contribution in [0.15, 0.2) is 79.0 Å². The van der Waals surface area contributed by atoms with Crippen LogP contribution in [0.5, 0.6) is 5.75 Å². The average Bonchev–Trinajstić information content (AvgIpc) is 3.53. The van der Waals surface area contributed by atoms with Gasteiger partial charge in [0.25, 0.3) is 0 Å². The normalized spacial score (nSPS) is 25.1. The van der Waals surface area contributed by atoms with Crippen LogP contribution in [0.4, 0.5) is 5.69 Å². The summed E-state index contributed by atoms with van der Waals surface area (Å²) in [6, 6.07) is 20.2. The lowest BCUT2D eigenvalue weighted by atomic mass is 9.76. The molecule has 37 heavy (non-hydrogen) atoms. The highest BCUT2D eigenvalue weighted by Crippen LogP contribution is 2.52. The van der Waals surface area contributed by atoms with Gasteiger partial charge >= 0.3 is 5.97 Å². The molecule has 0 bridgehead atoms. The van der Waals surface area contributed by atoms with Crippen LogP contribution in [0.3, 0.4) is 0 Å². The van der Waals surface area contributed by atoms with Crippen molar-refractivity contribution in [1.82, 2.24) is 10.3 Å². The third-order valence-electron chi connectivity index (χ3n) is 7.74. The molecule has 4 aromatic rings. The molecule has 0 aliphatic carbocycles. The molecule has 2 fully saturated rings. The number of H-pyrrole nitrogens is 1. The summed E-state index contributed by atoms with van der Waals surface area (Å²) in [5.41, 5.74) is 1.53. The molecule has 2 amide bonds. The summed E-state index contributed by atoms with van der Waals surface area (Å²) in [6.07, 6.45) is 1.72. The fourth-order valence-electron chi connectivity index (χ4n) is 5.98. The molecule has 0 saturated carbocycles. The summed E-state index contributed by atoms with van der Waals surface area (Å²) < 4.78 is 0. The number of phenolic OH excluding ortho intramolecular Hbond substituents is 1. The maximum absolute atomic E-state index is 14.0. The summed E-state index contributed by atoms with van der Waals surface area (Å²) in [4.78, 5) is 45.3. The molecule has 6 rings (SSSR count). The summed E-state index contributed by atoms with van der Waals surface area (Å²) in [5, 5.41) is 25.4. The van der Waals surface area contributed by atoms with Crippen LogP contribution in [0.2, 0.25) is 0 Å². The van der Waals surface area contributed by atoms with Gasteiger partial charge in [-0.15, -0.1) is 0 Å². The van der Waals surface area contributed by atoms with Gasteiger partial charge in [0.2, 0.25) is 11.8 Å². The second-order valence-corrected chi connectivity index (χ2v) is 9.84. The Labute approximate surface area is 212 Å². The zero-order valence-corrected chi connectivity index (χ0v) is 20.0. The van der Waals surface area contributed by atoms with Crippen molar-refractivity contribution in [3.8, 4) is 5.75 Å². The van der Waals surface area contributed by atoms with Gasteiger partial charge in [-0.3, -0.25) is 19.7 Å². The van der Waals surface area contributed by atoms with Gasteiger partial charge in [0.15, 0.2) is 0 Å². The summed E-state index contributed by atoms with van der Waals surface area (Å²) in [5.74, 6) is -4.53. The van der Waals surface area contributed by atoms with E-state index >= 15 is 0 Å². The first-order chi connectivity index (χ1) is 17.8. The number of amides is 2. The highest BCUT2D eigenvalue weighted by Gasteiger charge is 2.69. The highest BCUT2D eigenvalue weighted by molar-refractivity contribution is 6.24. The van der Waals surface area contributed by atoms with E-state index < -0.39 is 41.2 Å². The van der Waals surface area contributed by atoms with Crippen LogP contribution in [-0.2, 0) is 20.8 Å². The van der Waals surface area contributed by atoms with Crippen LogP contribution >= 0.6 is 0 Å². The maximum atomic E-state index is 14.0. The molecular weight excluding hydrogens is 470 g/mol. The predicted molar refractivity (Wildman–Crippen MR) is 137 cm³/mol. The van der Waals surface area contributed by atoms with Crippen molar-refractivity contribution in [2.45, 2.75) is 24.9 Å². The van der Waals surface area contributed by atoms with E-state index in [0.717, 1.165) is 26.9 Å². The van der Waals surface area contributed by atoms with E-state index in [1.807, 2.05) is 31.2 Å². The number of aromatic nitrogens is 1. The lowest BCUT2D eigenvalue weighted by Gasteiger charge is -2.31. The lowest BCUT2D eigenvalue weighted by Crippen LogP contribution is -2.57. The topological polar surface area (TPSA) is 123 Å². The molecule has 0 radical (unpaired) electrons. The Hall–Kier alpha value is -4.43. The third-order valence-corrected chi connectivity index (χ3v) is 7.74. The van der Waals surface area contributed by atoms with Crippen molar-refractivity contribution in [3.63, 3.8) is 0 Å². The van der Waals surface area contributed by atoms with Crippen molar-refractivity contribution < 1.29 is 24.6 Å². The number of aromatic hydroxyl groups is 1. The number of carboxylic acid groups (broad SMARTS) is 1. The molecule has 186 valence electrons. The monoisotopic (exact) mass is 495 g/mol. The van der Waals surface area contributed by atoms with Crippen LogP contribution < -0.4 is 10.2 Å². The Morgan fingerprint density at radius 1 is 0.973 bits per heavy atom. The van der Waals surface area contributed by atoms with Crippen molar-refractivity contribution in [2.75, 3.05) is 4.90 Å². The largest absolute Gasteiger partial charge is 0.508 e. The number of aryl methyl sites for hydroxylation is 1. The number of para-hydroxylation sites is 2. The molecule has 8 nitrogen and oxygen atoms in total. The van der Waals surface area contributed by atoms with E-state index in [9.17, 15) is 24.6 Å².